The first-order valence-corrected chi connectivity index (χ1v) is 9.54. The van der Waals surface area contributed by atoms with Gasteiger partial charge < -0.3 is 5.32 Å². The van der Waals surface area contributed by atoms with Crippen LogP contribution in [0.15, 0.2) is 33.9 Å². The summed E-state index contributed by atoms with van der Waals surface area (Å²) in [6.07, 6.45) is 1.62. The van der Waals surface area contributed by atoms with Crippen LogP contribution in [0.1, 0.15) is 32.3 Å². The van der Waals surface area contributed by atoms with Crippen molar-refractivity contribution in [3.8, 4) is 0 Å². The lowest BCUT2D eigenvalue weighted by molar-refractivity contribution is 0.590. The maximum absolute atomic E-state index is 13.1. The van der Waals surface area contributed by atoms with Gasteiger partial charge in [0.1, 0.15) is 0 Å². The molecule has 27 heavy (non-hydrogen) atoms. The van der Waals surface area contributed by atoms with E-state index in [9.17, 15) is 9.59 Å². The lowest BCUT2D eigenvalue weighted by Crippen LogP contribution is -2.39. The van der Waals surface area contributed by atoms with Gasteiger partial charge in [-0.3, -0.25) is 18.5 Å². The second-order valence-electron chi connectivity index (χ2n) is 6.55. The number of hydrogen-bond donors (Lipinski definition) is 1. The van der Waals surface area contributed by atoms with E-state index in [2.05, 4.69) is 17.2 Å². The number of nitrogens with zero attached hydrogens (tertiary/aromatic N) is 4. The average Bonchev–Trinajstić information content (AvgIpc) is 3.02. The Morgan fingerprint density at radius 3 is 2.41 bits per heavy atom. The lowest BCUT2D eigenvalue weighted by atomic mass is 10.2. The van der Waals surface area contributed by atoms with Crippen LogP contribution in [-0.4, -0.2) is 25.2 Å². The number of aromatic nitrogens is 4. The Morgan fingerprint density at radius 1 is 1.07 bits per heavy atom. The van der Waals surface area contributed by atoms with Gasteiger partial charge in [-0.25, -0.2) is 4.79 Å². The smallest absolute Gasteiger partial charge is 0.332 e. The van der Waals surface area contributed by atoms with E-state index in [-0.39, 0.29) is 11.2 Å². The molecule has 0 bridgehead atoms. The highest BCUT2D eigenvalue weighted by Crippen LogP contribution is 2.19. The van der Waals surface area contributed by atoms with Gasteiger partial charge in [-0.2, -0.15) is 4.98 Å². The summed E-state index contributed by atoms with van der Waals surface area (Å²) in [5, 5.41) is 3.93. The zero-order valence-corrected chi connectivity index (χ0v) is 16.6. The second-order valence-corrected chi connectivity index (χ2v) is 6.98. The molecule has 1 N–H and O–H groups in total. The number of benzene rings is 1. The van der Waals surface area contributed by atoms with Crippen molar-refractivity contribution >= 4 is 28.7 Å². The SMILES string of the molecule is CCCNc1nc2c(c(=O)n(CCC)c(=O)n2C)n1Cc1ccc(Cl)cc1. The molecule has 0 unspecified atom stereocenters. The van der Waals surface area contributed by atoms with Crippen LogP contribution >= 0.6 is 11.6 Å². The van der Waals surface area contributed by atoms with Crippen LogP contribution in [0.3, 0.4) is 0 Å². The van der Waals surface area contributed by atoms with Crippen molar-refractivity contribution in [1.29, 1.82) is 0 Å². The summed E-state index contributed by atoms with van der Waals surface area (Å²) in [4.78, 5) is 30.2. The van der Waals surface area contributed by atoms with E-state index in [4.69, 9.17) is 11.6 Å². The Hall–Kier alpha value is -2.54. The van der Waals surface area contributed by atoms with Crippen molar-refractivity contribution in [3.63, 3.8) is 0 Å². The first-order chi connectivity index (χ1) is 13.0. The Kier molecular flexibility index (Phi) is 5.70. The quantitative estimate of drug-likeness (QED) is 0.674. The molecular formula is C19H24ClN5O2. The van der Waals surface area contributed by atoms with Gasteiger partial charge in [-0.05, 0) is 30.5 Å². The van der Waals surface area contributed by atoms with Crippen LogP contribution in [0, 0.1) is 0 Å². The molecular weight excluding hydrogens is 366 g/mol. The molecule has 0 aliphatic heterocycles. The summed E-state index contributed by atoms with van der Waals surface area (Å²) < 4.78 is 4.58. The molecule has 8 heteroatoms. The topological polar surface area (TPSA) is 73.8 Å². The molecule has 0 atom stereocenters. The molecule has 0 saturated carbocycles. The molecule has 2 heterocycles. The van der Waals surface area contributed by atoms with E-state index in [1.54, 1.807) is 7.05 Å². The van der Waals surface area contributed by atoms with Crippen molar-refractivity contribution in [2.24, 2.45) is 7.05 Å². The Morgan fingerprint density at radius 2 is 1.78 bits per heavy atom. The number of nitrogens with one attached hydrogen (secondary N) is 1. The summed E-state index contributed by atoms with van der Waals surface area (Å²) in [6, 6.07) is 7.48. The van der Waals surface area contributed by atoms with E-state index in [0.29, 0.717) is 41.6 Å². The van der Waals surface area contributed by atoms with E-state index in [1.165, 1.54) is 9.13 Å². The number of anilines is 1. The molecule has 0 fully saturated rings. The molecule has 0 radical (unpaired) electrons. The number of fused-ring (bicyclic) bond motifs is 1. The van der Waals surface area contributed by atoms with Crippen LogP contribution in [0.2, 0.25) is 5.02 Å². The predicted octanol–water partition coefficient (Wildman–Crippen LogP) is 2.83. The Labute approximate surface area is 162 Å². The summed E-state index contributed by atoms with van der Waals surface area (Å²) in [5.41, 5.74) is 1.17. The van der Waals surface area contributed by atoms with Gasteiger partial charge in [-0.1, -0.05) is 37.6 Å². The third-order valence-corrected chi connectivity index (χ3v) is 4.72. The number of halogens is 1. The number of aryl methyl sites for hydroxylation is 1. The second kappa shape index (κ2) is 8.00. The van der Waals surface area contributed by atoms with Crippen molar-refractivity contribution in [3.05, 3.63) is 55.7 Å². The average molecular weight is 390 g/mol. The Balaban J connectivity index is 2.25. The molecule has 3 rings (SSSR count). The minimum absolute atomic E-state index is 0.305. The molecule has 0 amide bonds. The van der Waals surface area contributed by atoms with Gasteiger partial charge in [0.15, 0.2) is 11.2 Å². The normalized spacial score (nSPS) is 11.3. The monoisotopic (exact) mass is 389 g/mol. The first-order valence-electron chi connectivity index (χ1n) is 9.16. The van der Waals surface area contributed by atoms with Crippen LogP contribution in [0.25, 0.3) is 11.2 Å². The molecule has 0 aliphatic carbocycles. The third kappa shape index (κ3) is 3.64. The van der Waals surface area contributed by atoms with Gasteiger partial charge in [0.2, 0.25) is 5.95 Å². The molecule has 2 aromatic heterocycles. The summed E-state index contributed by atoms with van der Waals surface area (Å²) >= 11 is 5.98. The molecule has 3 aromatic rings. The minimum Gasteiger partial charge on any atom is -0.356 e. The zero-order chi connectivity index (χ0) is 19.6. The molecule has 0 aliphatic rings. The fourth-order valence-electron chi connectivity index (χ4n) is 3.09. The van der Waals surface area contributed by atoms with Crippen molar-refractivity contribution in [1.82, 2.24) is 18.7 Å². The third-order valence-electron chi connectivity index (χ3n) is 4.47. The number of imidazole rings is 1. The van der Waals surface area contributed by atoms with Crippen LogP contribution in [0.4, 0.5) is 5.95 Å². The highest BCUT2D eigenvalue weighted by molar-refractivity contribution is 6.30. The molecule has 1 aromatic carbocycles. The van der Waals surface area contributed by atoms with E-state index < -0.39 is 0 Å². The van der Waals surface area contributed by atoms with Gasteiger partial charge in [-0.15, -0.1) is 0 Å². The van der Waals surface area contributed by atoms with Crippen molar-refractivity contribution < 1.29 is 0 Å². The largest absolute Gasteiger partial charge is 0.356 e. The fraction of sp³-hybridized carbons (Fsp3) is 0.421. The first kappa shape index (κ1) is 19.2. The number of rotatable bonds is 7. The summed E-state index contributed by atoms with van der Waals surface area (Å²) in [5.74, 6) is 0.586. The van der Waals surface area contributed by atoms with Crippen molar-refractivity contribution in [2.45, 2.75) is 39.8 Å². The molecule has 0 spiro atoms. The standard InChI is InChI=1S/C19H24ClN5O2/c1-4-10-21-18-22-16-15(17(26)24(11-5-2)19(27)23(16)3)25(18)12-13-6-8-14(20)9-7-13/h6-9H,4-5,10-12H2,1-3H3,(H,21,22). The predicted molar refractivity (Wildman–Crippen MR) is 109 cm³/mol. The fourth-order valence-corrected chi connectivity index (χ4v) is 3.22. The van der Waals surface area contributed by atoms with E-state index in [0.717, 1.165) is 18.5 Å². The lowest BCUT2D eigenvalue weighted by Gasteiger charge is -2.11. The molecule has 7 nitrogen and oxygen atoms in total. The van der Waals surface area contributed by atoms with Gasteiger partial charge >= 0.3 is 5.69 Å². The number of hydrogen-bond acceptors (Lipinski definition) is 4. The highest BCUT2D eigenvalue weighted by Gasteiger charge is 2.20. The maximum Gasteiger partial charge on any atom is 0.332 e. The summed E-state index contributed by atoms with van der Waals surface area (Å²) in [7, 11) is 1.65. The Bertz CT molecular complexity index is 1060. The van der Waals surface area contributed by atoms with Gasteiger partial charge in [0.05, 0.1) is 6.54 Å². The van der Waals surface area contributed by atoms with Crippen LogP contribution in [0.5, 0.6) is 0 Å². The zero-order valence-electron chi connectivity index (χ0n) is 15.8. The van der Waals surface area contributed by atoms with E-state index >= 15 is 0 Å². The minimum atomic E-state index is -0.340. The van der Waals surface area contributed by atoms with Crippen molar-refractivity contribution in [2.75, 3.05) is 11.9 Å². The van der Waals surface area contributed by atoms with Gasteiger partial charge in [0.25, 0.3) is 5.56 Å². The van der Waals surface area contributed by atoms with E-state index in [1.807, 2.05) is 35.8 Å². The highest BCUT2D eigenvalue weighted by atomic mass is 35.5. The maximum atomic E-state index is 13.1. The van der Waals surface area contributed by atoms with Crippen LogP contribution in [-0.2, 0) is 20.1 Å². The van der Waals surface area contributed by atoms with Gasteiger partial charge in [0, 0.05) is 25.2 Å². The molecule has 144 valence electrons. The van der Waals surface area contributed by atoms with Crippen LogP contribution < -0.4 is 16.6 Å². The molecule has 0 saturated heterocycles. The summed E-state index contributed by atoms with van der Waals surface area (Å²) in [6.45, 7) is 5.56.